The fourth-order valence-corrected chi connectivity index (χ4v) is 3.02. The average Bonchev–Trinajstić information content (AvgIpc) is 2.81. The standard InChI is InChI=1S/C12H14F3NO2S/c1-7-2-4-11(18,5-3-7)9(17)8-6-16-10(19-8)12(13,14)15/h6-7,18H,2-5H2,1H3. The number of thiazole rings is 1. The summed E-state index contributed by atoms with van der Waals surface area (Å²) in [4.78, 5) is 15.2. The van der Waals surface area contributed by atoms with E-state index in [0.717, 1.165) is 6.20 Å². The number of carbonyl (C=O) groups is 1. The monoisotopic (exact) mass is 293 g/mol. The summed E-state index contributed by atoms with van der Waals surface area (Å²) < 4.78 is 37.3. The molecular weight excluding hydrogens is 279 g/mol. The third kappa shape index (κ3) is 2.97. The SMILES string of the molecule is CC1CCC(O)(C(=O)c2cnc(C(F)(F)F)s2)CC1. The van der Waals surface area contributed by atoms with E-state index in [1.165, 1.54) is 0 Å². The second kappa shape index (κ2) is 4.86. The number of hydrogen-bond acceptors (Lipinski definition) is 4. The second-order valence-electron chi connectivity index (χ2n) is 5.07. The van der Waals surface area contributed by atoms with Gasteiger partial charge in [-0.1, -0.05) is 6.92 Å². The Morgan fingerprint density at radius 3 is 2.53 bits per heavy atom. The van der Waals surface area contributed by atoms with E-state index in [2.05, 4.69) is 4.98 Å². The molecule has 19 heavy (non-hydrogen) atoms. The predicted octanol–water partition coefficient (Wildman–Crippen LogP) is 3.29. The van der Waals surface area contributed by atoms with Crippen molar-refractivity contribution in [1.29, 1.82) is 0 Å². The maximum atomic E-state index is 12.4. The van der Waals surface area contributed by atoms with Gasteiger partial charge in [-0.25, -0.2) is 4.98 Å². The molecule has 1 fully saturated rings. The minimum Gasteiger partial charge on any atom is -0.382 e. The number of hydrogen-bond donors (Lipinski definition) is 1. The zero-order valence-corrected chi connectivity index (χ0v) is 11.1. The number of rotatable bonds is 2. The lowest BCUT2D eigenvalue weighted by atomic mass is 9.77. The van der Waals surface area contributed by atoms with Crippen LogP contribution in [0.15, 0.2) is 6.20 Å². The summed E-state index contributed by atoms with van der Waals surface area (Å²) >= 11 is 0.295. The summed E-state index contributed by atoms with van der Waals surface area (Å²) in [6.45, 7) is 2.03. The number of ketones is 1. The molecule has 1 heterocycles. The molecular formula is C12H14F3NO2S. The molecule has 0 bridgehead atoms. The topological polar surface area (TPSA) is 50.2 Å². The molecule has 0 aromatic carbocycles. The van der Waals surface area contributed by atoms with E-state index in [1.54, 1.807) is 0 Å². The first kappa shape index (κ1) is 14.5. The molecule has 1 aromatic rings. The molecule has 3 nitrogen and oxygen atoms in total. The zero-order valence-electron chi connectivity index (χ0n) is 10.3. The normalized spacial score (nSPS) is 28.4. The first-order valence-electron chi connectivity index (χ1n) is 6.02. The summed E-state index contributed by atoms with van der Waals surface area (Å²) in [5, 5.41) is 9.22. The van der Waals surface area contributed by atoms with Gasteiger partial charge >= 0.3 is 6.18 Å². The van der Waals surface area contributed by atoms with E-state index < -0.39 is 22.6 Å². The molecule has 1 aliphatic rings. The van der Waals surface area contributed by atoms with Crippen molar-refractivity contribution in [1.82, 2.24) is 4.98 Å². The Kier molecular flexibility index (Phi) is 3.70. The van der Waals surface area contributed by atoms with Crippen LogP contribution in [0.1, 0.15) is 47.3 Å². The highest BCUT2D eigenvalue weighted by Gasteiger charge is 2.42. The van der Waals surface area contributed by atoms with E-state index in [9.17, 15) is 23.1 Å². The molecule has 0 atom stereocenters. The Bertz CT molecular complexity index is 476. The Hall–Kier alpha value is -0.950. The van der Waals surface area contributed by atoms with Crippen LogP contribution >= 0.6 is 11.3 Å². The Labute approximate surface area is 112 Å². The fraction of sp³-hybridized carbons (Fsp3) is 0.667. The van der Waals surface area contributed by atoms with Gasteiger partial charge in [0.15, 0.2) is 5.01 Å². The van der Waals surface area contributed by atoms with E-state index in [1.807, 2.05) is 6.92 Å². The molecule has 0 radical (unpaired) electrons. The molecule has 0 spiro atoms. The number of Topliss-reactive ketones (excluding diaryl/α,β-unsaturated/α-hetero) is 1. The van der Waals surface area contributed by atoms with Gasteiger partial charge < -0.3 is 5.11 Å². The first-order valence-corrected chi connectivity index (χ1v) is 6.84. The third-order valence-corrected chi connectivity index (χ3v) is 4.54. The van der Waals surface area contributed by atoms with Crippen LogP contribution < -0.4 is 0 Å². The van der Waals surface area contributed by atoms with Crippen LogP contribution in [0.25, 0.3) is 0 Å². The Morgan fingerprint density at radius 2 is 2.05 bits per heavy atom. The molecule has 1 N–H and O–H groups in total. The Morgan fingerprint density at radius 1 is 1.47 bits per heavy atom. The second-order valence-corrected chi connectivity index (χ2v) is 6.10. The van der Waals surface area contributed by atoms with Gasteiger partial charge in [-0.15, -0.1) is 11.3 Å². The lowest BCUT2D eigenvalue weighted by molar-refractivity contribution is -0.137. The largest absolute Gasteiger partial charge is 0.443 e. The van der Waals surface area contributed by atoms with E-state index >= 15 is 0 Å². The maximum absolute atomic E-state index is 12.4. The van der Waals surface area contributed by atoms with Gasteiger partial charge in [-0.05, 0) is 31.6 Å². The van der Waals surface area contributed by atoms with Gasteiger partial charge in [0.05, 0.1) is 4.88 Å². The molecule has 0 aliphatic heterocycles. The molecule has 7 heteroatoms. The van der Waals surface area contributed by atoms with Crippen LogP contribution in [0, 0.1) is 5.92 Å². The van der Waals surface area contributed by atoms with E-state index in [4.69, 9.17) is 0 Å². The van der Waals surface area contributed by atoms with Gasteiger partial charge in [0, 0.05) is 6.20 Å². The van der Waals surface area contributed by atoms with Crippen LogP contribution in [-0.4, -0.2) is 21.5 Å². The lowest BCUT2D eigenvalue weighted by Crippen LogP contribution is -2.41. The van der Waals surface area contributed by atoms with Crippen LogP contribution in [0.5, 0.6) is 0 Å². The zero-order chi connectivity index (χ0) is 14.3. The molecule has 1 saturated carbocycles. The van der Waals surface area contributed by atoms with Crippen LogP contribution in [0.3, 0.4) is 0 Å². The summed E-state index contributed by atoms with van der Waals surface area (Å²) in [7, 11) is 0. The van der Waals surface area contributed by atoms with Crippen molar-refractivity contribution in [2.45, 2.75) is 44.4 Å². The minimum atomic E-state index is -4.55. The van der Waals surface area contributed by atoms with Crippen molar-refractivity contribution in [3.8, 4) is 0 Å². The number of halogens is 3. The van der Waals surface area contributed by atoms with Crippen LogP contribution in [0.2, 0.25) is 0 Å². The quantitative estimate of drug-likeness (QED) is 0.851. The van der Waals surface area contributed by atoms with Gasteiger partial charge in [0.2, 0.25) is 5.78 Å². The van der Waals surface area contributed by atoms with E-state index in [0.29, 0.717) is 42.9 Å². The number of aliphatic hydroxyl groups is 1. The summed E-state index contributed by atoms with van der Waals surface area (Å²) in [6, 6.07) is 0. The van der Waals surface area contributed by atoms with Crippen molar-refractivity contribution in [3.63, 3.8) is 0 Å². The summed E-state index contributed by atoms with van der Waals surface area (Å²) in [5.41, 5.74) is -1.53. The molecule has 0 unspecified atom stereocenters. The van der Waals surface area contributed by atoms with Crippen molar-refractivity contribution in [2.24, 2.45) is 5.92 Å². The van der Waals surface area contributed by atoms with Crippen LogP contribution in [0.4, 0.5) is 13.2 Å². The Balaban J connectivity index is 2.18. The molecule has 0 amide bonds. The van der Waals surface area contributed by atoms with Gasteiger partial charge in [-0.3, -0.25) is 4.79 Å². The van der Waals surface area contributed by atoms with Gasteiger partial charge in [0.1, 0.15) is 5.60 Å². The molecule has 1 aromatic heterocycles. The van der Waals surface area contributed by atoms with Gasteiger partial charge in [-0.2, -0.15) is 13.2 Å². The molecule has 2 rings (SSSR count). The molecule has 0 saturated heterocycles. The minimum absolute atomic E-state index is 0.121. The van der Waals surface area contributed by atoms with Crippen molar-refractivity contribution >= 4 is 17.1 Å². The van der Waals surface area contributed by atoms with Crippen molar-refractivity contribution in [3.05, 3.63) is 16.1 Å². The van der Waals surface area contributed by atoms with Crippen LogP contribution in [-0.2, 0) is 6.18 Å². The summed E-state index contributed by atoms with van der Waals surface area (Å²) in [6.07, 6.45) is -1.64. The number of nitrogens with zero attached hydrogens (tertiary/aromatic N) is 1. The predicted molar refractivity (Wildman–Crippen MR) is 64.0 cm³/mol. The first-order chi connectivity index (χ1) is 8.72. The van der Waals surface area contributed by atoms with E-state index in [-0.39, 0.29) is 4.88 Å². The van der Waals surface area contributed by atoms with Crippen molar-refractivity contribution in [2.75, 3.05) is 0 Å². The van der Waals surface area contributed by atoms with Crippen molar-refractivity contribution < 1.29 is 23.1 Å². The average molecular weight is 293 g/mol. The molecule has 1 aliphatic carbocycles. The maximum Gasteiger partial charge on any atom is 0.443 e. The highest BCUT2D eigenvalue weighted by atomic mass is 32.1. The third-order valence-electron chi connectivity index (χ3n) is 3.50. The number of alkyl halides is 3. The highest BCUT2D eigenvalue weighted by molar-refractivity contribution is 7.13. The fourth-order valence-electron chi connectivity index (χ4n) is 2.21. The molecule has 106 valence electrons. The summed E-state index contributed by atoms with van der Waals surface area (Å²) in [5.74, 6) is -0.201. The number of aromatic nitrogens is 1. The highest BCUT2D eigenvalue weighted by Crippen LogP contribution is 2.37. The number of carbonyl (C=O) groups excluding carboxylic acids is 1. The lowest BCUT2D eigenvalue weighted by Gasteiger charge is -2.32. The van der Waals surface area contributed by atoms with Gasteiger partial charge in [0.25, 0.3) is 0 Å². The smallest absolute Gasteiger partial charge is 0.382 e.